The molecular formula is C9H12N2. The largest absolute Gasteiger partial charge is 0.272 e. The summed E-state index contributed by atoms with van der Waals surface area (Å²) in [5.41, 5.74) is 2.46. The molecule has 58 valence electrons. The molecule has 0 spiro atoms. The highest BCUT2D eigenvalue weighted by atomic mass is 15.3. The van der Waals surface area contributed by atoms with Crippen molar-refractivity contribution in [3.8, 4) is 12.3 Å². The van der Waals surface area contributed by atoms with Gasteiger partial charge in [0.25, 0.3) is 0 Å². The molecule has 0 saturated carbocycles. The Balaban J connectivity index is 2.77. The maximum absolute atomic E-state index is 5.17. The average molecular weight is 148 g/mol. The highest BCUT2D eigenvalue weighted by Crippen LogP contribution is 2.07. The molecule has 1 aromatic rings. The second-order valence-corrected chi connectivity index (χ2v) is 2.60. The monoisotopic (exact) mass is 148 g/mol. The van der Waals surface area contributed by atoms with Crippen molar-refractivity contribution in [1.82, 2.24) is 9.78 Å². The summed E-state index contributed by atoms with van der Waals surface area (Å²) in [5.74, 6) is 2.62. The zero-order valence-electron chi connectivity index (χ0n) is 6.96. The van der Waals surface area contributed by atoms with Gasteiger partial charge in [0.2, 0.25) is 0 Å². The molecule has 0 radical (unpaired) electrons. The molecule has 0 N–H and O–H groups in total. The minimum Gasteiger partial charge on any atom is -0.272 e. The first-order chi connectivity index (χ1) is 5.25. The SMILES string of the molecule is C#CCCc1c(C)cnn1C. The Morgan fingerprint density at radius 2 is 2.45 bits per heavy atom. The lowest BCUT2D eigenvalue weighted by molar-refractivity contribution is 0.707. The summed E-state index contributed by atoms with van der Waals surface area (Å²) < 4.78 is 1.88. The topological polar surface area (TPSA) is 17.8 Å². The third-order valence-electron chi connectivity index (χ3n) is 1.78. The molecule has 1 rings (SSSR count). The van der Waals surface area contributed by atoms with Crippen LogP contribution in [-0.4, -0.2) is 9.78 Å². The van der Waals surface area contributed by atoms with E-state index in [1.54, 1.807) is 0 Å². The molecule has 2 heteroatoms. The number of hydrogen-bond donors (Lipinski definition) is 0. The molecule has 11 heavy (non-hydrogen) atoms. The Morgan fingerprint density at radius 1 is 1.73 bits per heavy atom. The number of rotatable bonds is 2. The van der Waals surface area contributed by atoms with Crippen LogP contribution in [0.15, 0.2) is 6.20 Å². The van der Waals surface area contributed by atoms with Crippen LogP contribution in [0.5, 0.6) is 0 Å². The molecule has 0 aromatic carbocycles. The summed E-state index contributed by atoms with van der Waals surface area (Å²) in [6.45, 7) is 2.05. The maximum atomic E-state index is 5.17. The predicted octanol–water partition coefficient (Wildman–Crippen LogP) is 1.29. The van der Waals surface area contributed by atoms with E-state index in [1.165, 1.54) is 11.3 Å². The number of nitrogens with zero attached hydrogens (tertiary/aromatic N) is 2. The van der Waals surface area contributed by atoms with Crippen molar-refractivity contribution in [2.75, 3.05) is 0 Å². The summed E-state index contributed by atoms with van der Waals surface area (Å²) in [5, 5.41) is 4.12. The summed E-state index contributed by atoms with van der Waals surface area (Å²) in [4.78, 5) is 0. The molecule has 0 amide bonds. The van der Waals surface area contributed by atoms with Gasteiger partial charge in [-0.2, -0.15) is 5.10 Å². The molecule has 0 bridgehead atoms. The molecule has 0 aliphatic heterocycles. The van der Waals surface area contributed by atoms with E-state index in [1.807, 2.05) is 17.9 Å². The van der Waals surface area contributed by atoms with E-state index in [0.717, 1.165) is 12.8 Å². The summed E-state index contributed by atoms with van der Waals surface area (Å²) in [6, 6.07) is 0. The number of terminal acetylenes is 1. The molecule has 0 fully saturated rings. The molecule has 0 aliphatic rings. The summed E-state index contributed by atoms with van der Waals surface area (Å²) in [7, 11) is 1.94. The van der Waals surface area contributed by atoms with Gasteiger partial charge in [-0.25, -0.2) is 0 Å². The first kappa shape index (κ1) is 7.87. The van der Waals surface area contributed by atoms with E-state index < -0.39 is 0 Å². The van der Waals surface area contributed by atoms with Gasteiger partial charge in [-0.05, 0) is 12.5 Å². The van der Waals surface area contributed by atoms with Crippen LogP contribution in [0, 0.1) is 19.3 Å². The predicted molar refractivity (Wildman–Crippen MR) is 45.1 cm³/mol. The highest BCUT2D eigenvalue weighted by molar-refractivity contribution is 5.16. The Kier molecular flexibility index (Phi) is 2.32. The fourth-order valence-corrected chi connectivity index (χ4v) is 1.12. The van der Waals surface area contributed by atoms with E-state index in [2.05, 4.69) is 17.9 Å². The van der Waals surface area contributed by atoms with Crippen LogP contribution in [0.3, 0.4) is 0 Å². The van der Waals surface area contributed by atoms with Gasteiger partial charge < -0.3 is 0 Å². The van der Waals surface area contributed by atoms with Crippen LogP contribution in [-0.2, 0) is 13.5 Å². The zero-order chi connectivity index (χ0) is 8.27. The lowest BCUT2D eigenvalue weighted by atomic mass is 10.2. The summed E-state index contributed by atoms with van der Waals surface area (Å²) in [6.07, 6.45) is 8.75. The van der Waals surface area contributed by atoms with Crippen LogP contribution in [0.2, 0.25) is 0 Å². The van der Waals surface area contributed by atoms with Crippen molar-refractivity contribution in [3.05, 3.63) is 17.5 Å². The van der Waals surface area contributed by atoms with Crippen LogP contribution in [0.4, 0.5) is 0 Å². The van der Waals surface area contributed by atoms with Crippen molar-refractivity contribution in [2.24, 2.45) is 7.05 Å². The first-order valence-corrected chi connectivity index (χ1v) is 3.66. The van der Waals surface area contributed by atoms with Crippen LogP contribution in [0.25, 0.3) is 0 Å². The molecule has 0 saturated heterocycles. The second-order valence-electron chi connectivity index (χ2n) is 2.60. The van der Waals surface area contributed by atoms with Crippen LogP contribution in [0.1, 0.15) is 17.7 Å². The molecule has 2 nitrogen and oxygen atoms in total. The average Bonchev–Trinajstić information content (AvgIpc) is 2.29. The van der Waals surface area contributed by atoms with Crippen molar-refractivity contribution in [1.29, 1.82) is 0 Å². The third kappa shape index (κ3) is 1.62. The van der Waals surface area contributed by atoms with Gasteiger partial charge in [0.05, 0.1) is 6.20 Å². The van der Waals surface area contributed by atoms with Gasteiger partial charge in [0.15, 0.2) is 0 Å². The van der Waals surface area contributed by atoms with E-state index in [9.17, 15) is 0 Å². The number of aromatic nitrogens is 2. The minimum atomic E-state index is 0.792. The second kappa shape index (κ2) is 3.25. The fraction of sp³-hybridized carbons (Fsp3) is 0.444. The smallest absolute Gasteiger partial charge is 0.0521 e. The van der Waals surface area contributed by atoms with Gasteiger partial charge in [-0.1, -0.05) is 0 Å². The van der Waals surface area contributed by atoms with Crippen molar-refractivity contribution < 1.29 is 0 Å². The van der Waals surface area contributed by atoms with E-state index in [4.69, 9.17) is 6.42 Å². The van der Waals surface area contributed by atoms with Gasteiger partial charge in [-0.15, -0.1) is 12.3 Å². The van der Waals surface area contributed by atoms with Gasteiger partial charge in [-0.3, -0.25) is 4.68 Å². The maximum Gasteiger partial charge on any atom is 0.0521 e. The van der Waals surface area contributed by atoms with Crippen LogP contribution >= 0.6 is 0 Å². The van der Waals surface area contributed by atoms with E-state index in [0.29, 0.717) is 0 Å². The Morgan fingerprint density at radius 3 is 2.91 bits per heavy atom. The molecule has 0 unspecified atom stereocenters. The Hall–Kier alpha value is -1.23. The van der Waals surface area contributed by atoms with Crippen molar-refractivity contribution in [3.63, 3.8) is 0 Å². The van der Waals surface area contributed by atoms with Gasteiger partial charge >= 0.3 is 0 Å². The quantitative estimate of drug-likeness (QED) is 0.578. The van der Waals surface area contributed by atoms with Crippen LogP contribution < -0.4 is 0 Å². The molecule has 0 aliphatic carbocycles. The van der Waals surface area contributed by atoms with E-state index in [-0.39, 0.29) is 0 Å². The lowest BCUT2D eigenvalue weighted by Crippen LogP contribution is -1.98. The molecular weight excluding hydrogens is 136 g/mol. The third-order valence-corrected chi connectivity index (χ3v) is 1.78. The van der Waals surface area contributed by atoms with Crippen molar-refractivity contribution in [2.45, 2.75) is 19.8 Å². The lowest BCUT2D eigenvalue weighted by Gasteiger charge is -1.99. The molecule has 1 heterocycles. The molecule has 1 aromatic heterocycles. The van der Waals surface area contributed by atoms with Gasteiger partial charge in [0.1, 0.15) is 0 Å². The van der Waals surface area contributed by atoms with Crippen molar-refractivity contribution >= 4 is 0 Å². The first-order valence-electron chi connectivity index (χ1n) is 3.66. The zero-order valence-corrected chi connectivity index (χ0v) is 6.96. The Labute approximate surface area is 67.2 Å². The highest BCUT2D eigenvalue weighted by Gasteiger charge is 2.01. The Bertz CT molecular complexity index is 259. The number of hydrogen-bond acceptors (Lipinski definition) is 1. The number of aryl methyl sites for hydroxylation is 2. The standard InChI is InChI=1S/C9H12N2/c1-4-5-6-9-8(2)7-10-11(9)3/h1,7H,5-6H2,2-3H3. The summed E-state index contributed by atoms with van der Waals surface area (Å²) >= 11 is 0. The normalized spacial score (nSPS) is 9.55. The van der Waals surface area contributed by atoms with Gasteiger partial charge in [0, 0.05) is 25.6 Å². The minimum absolute atomic E-state index is 0.792. The molecule has 0 atom stereocenters. The van der Waals surface area contributed by atoms with E-state index >= 15 is 0 Å². The fourth-order valence-electron chi connectivity index (χ4n) is 1.12.